The third kappa shape index (κ3) is 3.37. The van der Waals surface area contributed by atoms with Gasteiger partial charge in [0.15, 0.2) is 0 Å². The molecule has 1 heterocycles. The molecule has 82 valence electrons. The van der Waals surface area contributed by atoms with E-state index >= 15 is 0 Å². The fourth-order valence-corrected chi connectivity index (χ4v) is 0.938. The van der Waals surface area contributed by atoms with E-state index in [0.717, 1.165) is 0 Å². The Balaban J connectivity index is 2.34. The van der Waals surface area contributed by atoms with E-state index < -0.39 is 0 Å². The molecule has 0 aliphatic rings. The number of carbonyl (C=O) groups is 2. The molecule has 1 aromatic rings. The minimum absolute atomic E-state index is 0.0874. The molecule has 0 aromatic carbocycles. The van der Waals surface area contributed by atoms with Crippen molar-refractivity contribution in [3.63, 3.8) is 0 Å². The van der Waals surface area contributed by atoms with E-state index in [9.17, 15) is 9.59 Å². The van der Waals surface area contributed by atoms with Crippen LogP contribution in [0.15, 0.2) is 0 Å². The van der Waals surface area contributed by atoms with Gasteiger partial charge in [-0.1, -0.05) is 0 Å². The maximum atomic E-state index is 11.3. The topological polar surface area (TPSA) is 99.8 Å². The van der Waals surface area contributed by atoms with Gasteiger partial charge in [0.25, 0.3) is 5.91 Å². The highest BCUT2D eigenvalue weighted by atomic mass is 16.2. The lowest BCUT2D eigenvalue weighted by Gasteiger charge is -2.00. The smallest absolute Gasteiger partial charge is 0.290 e. The third-order valence-corrected chi connectivity index (χ3v) is 1.72. The van der Waals surface area contributed by atoms with Crippen molar-refractivity contribution in [1.82, 2.24) is 25.8 Å². The summed E-state index contributed by atoms with van der Waals surface area (Å²) in [6.07, 6.45) is 0.242. The largest absolute Gasteiger partial charge is 0.359 e. The van der Waals surface area contributed by atoms with Crippen molar-refractivity contribution in [2.24, 2.45) is 0 Å². The number of H-pyrrole nitrogens is 1. The molecule has 0 unspecified atom stereocenters. The van der Waals surface area contributed by atoms with Crippen molar-refractivity contribution in [2.75, 3.05) is 13.6 Å². The molecule has 0 bridgehead atoms. The second-order valence-electron chi connectivity index (χ2n) is 2.92. The number of hydrogen-bond donors (Lipinski definition) is 3. The summed E-state index contributed by atoms with van der Waals surface area (Å²) < 4.78 is 0. The highest BCUT2D eigenvalue weighted by molar-refractivity contribution is 5.90. The average Bonchev–Trinajstić information content (AvgIpc) is 2.64. The molecule has 0 spiro atoms. The highest BCUT2D eigenvalue weighted by Gasteiger charge is 2.10. The fraction of sp³-hybridized carbons (Fsp3) is 0.500. The van der Waals surface area contributed by atoms with Crippen molar-refractivity contribution >= 4 is 11.8 Å². The molecule has 0 saturated carbocycles. The molecule has 15 heavy (non-hydrogen) atoms. The molecule has 3 N–H and O–H groups in total. The summed E-state index contributed by atoms with van der Waals surface area (Å²) in [6, 6.07) is 0. The summed E-state index contributed by atoms with van der Waals surface area (Å²) >= 11 is 0. The van der Waals surface area contributed by atoms with Gasteiger partial charge in [-0.15, -0.1) is 5.10 Å². The molecule has 7 nitrogen and oxygen atoms in total. The van der Waals surface area contributed by atoms with Gasteiger partial charge in [-0.05, 0) is 6.92 Å². The van der Waals surface area contributed by atoms with Gasteiger partial charge in [-0.3, -0.25) is 14.7 Å². The van der Waals surface area contributed by atoms with Gasteiger partial charge >= 0.3 is 0 Å². The van der Waals surface area contributed by atoms with Crippen molar-refractivity contribution in [1.29, 1.82) is 0 Å². The predicted octanol–water partition coefficient (Wildman–Crippen LogP) is -1.02. The fourth-order valence-electron chi connectivity index (χ4n) is 0.938. The van der Waals surface area contributed by atoms with Crippen LogP contribution >= 0.6 is 0 Å². The van der Waals surface area contributed by atoms with E-state index in [2.05, 4.69) is 25.8 Å². The first-order valence-corrected chi connectivity index (χ1v) is 4.51. The van der Waals surface area contributed by atoms with Crippen LogP contribution in [-0.4, -0.2) is 40.6 Å². The zero-order valence-electron chi connectivity index (χ0n) is 8.63. The molecule has 7 heteroatoms. The molecule has 0 radical (unpaired) electrons. The van der Waals surface area contributed by atoms with Crippen LogP contribution in [0.3, 0.4) is 0 Å². The Kier molecular flexibility index (Phi) is 3.78. The number of amides is 2. The minimum atomic E-state index is -0.386. The molecule has 0 aliphatic carbocycles. The highest BCUT2D eigenvalue weighted by Crippen LogP contribution is 1.90. The SMILES string of the molecule is CNC(=O)CCNC(=O)c1n[nH]c(C)n1. The number of nitrogens with one attached hydrogen (secondary N) is 3. The lowest BCUT2D eigenvalue weighted by molar-refractivity contribution is -0.120. The summed E-state index contributed by atoms with van der Waals surface area (Å²) in [5, 5.41) is 11.2. The standard InChI is InChI=1S/C8H13N5O2/c1-5-11-7(13-12-5)8(15)10-4-3-6(14)9-2/h3-4H2,1-2H3,(H,9,14)(H,10,15)(H,11,12,13). The Bertz CT molecular complexity index is 360. The first kappa shape index (κ1) is 11.2. The van der Waals surface area contributed by atoms with Crippen LogP contribution in [0.1, 0.15) is 22.9 Å². The van der Waals surface area contributed by atoms with Gasteiger partial charge in [0.1, 0.15) is 5.82 Å². The van der Waals surface area contributed by atoms with Crippen LogP contribution in [-0.2, 0) is 4.79 Å². The molecule has 0 aliphatic heterocycles. The van der Waals surface area contributed by atoms with Crippen LogP contribution in [0, 0.1) is 6.92 Å². The Morgan fingerprint density at radius 1 is 1.47 bits per heavy atom. The first-order chi connectivity index (χ1) is 7.13. The summed E-state index contributed by atoms with van der Waals surface area (Å²) in [7, 11) is 1.54. The van der Waals surface area contributed by atoms with Crippen LogP contribution in [0.5, 0.6) is 0 Å². The van der Waals surface area contributed by atoms with E-state index in [0.29, 0.717) is 5.82 Å². The zero-order valence-corrected chi connectivity index (χ0v) is 8.63. The Labute approximate surface area is 86.7 Å². The molecule has 0 saturated heterocycles. The van der Waals surface area contributed by atoms with Gasteiger partial charge in [0, 0.05) is 20.0 Å². The number of rotatable bonds is 4. The Morgan fingerprint density at radius 2 is 2.20 bits per heavy atom. The monoisotopic (exact) mass is 211 g/mol. The molecular weight excluding hydrogens is 198 g/mol. The maximum absolute atomic E-state index is 11.3. The van der Waals surface area contributed by atoms with Gasteiger partial charge in [0.2, 0.25) is 11.7 Å². The zero-order chi connectivity index (χ0) is 11.3. The van der Waals surface area contributed by atoms with Crippen molar-refractivity contribution in [3.8, 4) is 0 Å². The van der Waals surface area contributed by atoms with E-state index in [1.807, 2.05) is 0 Å². The Hall–Kier alpha value is -1.92. The molecule has 2 amide bonds. The lowest BCUT2D eigenvalue weighted by Crippen LogP contribution is -2.29. The molecule has 1 aromatic heterocycles. The average molecular weight is 211 g/mol. The number of aromatic nitrogens is 3. The minimum Gasteiger partial charge on any atom is -0.359 e. The maximum Gasteiger partial charge on any atom is 0.290 e. The molecule has 0 atom stereocenters. The van der Waals surface area contributed by atoms with E-state index in [1.165, 1.54) is 0 Å². The van der Waals surface area contributed by atoms with E-state index in [4.69, 9.17) is 0 Å². The summed E-state index contributed by atoms with van der Waals surface area (Å²) in [4.78, 5) is 26.0. The van der Waals surface area contributed by atoms with Gasteiger partial charge in [-0.25, -0.2) is 4.98 Å². The summed E-state index contributed by atoms with van der Waals surface area (Å²) in [5.74, 6) is 0.153. The van der Waals surface area contributed by atoms with Crippen molar-refractivity contribution < 1.29 is 9.59 Å². The van der Waals surface area contributed by atoms with Gasteiger partial charge in [0.05, 0.1) is 0 Å². The number of aryl methyl sites for hydroxylation is 1. The number of carbonyl (C=O) groups excluding carboxylic acids is 2. The van der Waals surface area contributed by atoms with Crippen LogP contribution in [0.2, 0.25) is 0 Å². The third-order valence-electron chi connectivity index (χ3n) is 1.72. The van der Waals surface area contributed by atoms with E-state index in [1.54, 1.807) is 14.0 Å². The second kappa shape index (κ2) is 5.08. The van der Waals surface area contributed by atoms with E-state index in [-0.39, 0.29) is 30.6 Å². The van der Waals surface area contributed by atoms with Gasteiger partial charge < -0.3 is 10.6 Å². The van der Waals surface area contributed by atoms with Crippen LogP contribution in [0.25, 0.3) is 0 Å². The molecule has 1 rings (SSSR count). The van der Waals surface area contributed by atoms with Crippen molar-refractivity contribution in [2.45, 2.75) is 13.3 Å². The number of aromatic amines is 1. The Morgan fingerprint density at radius 3 is 2.73 bits per heavy atom. The summed E-state index contributed by atoms with van der Waals surface area (Å²) in [6.45, 7) is 1.97. The van der Waals surface area contributed by atoms with Crippen LogP contribution in [0.4, 0.5) is 0 Å². The lowest BCUT2D eigenvalue weighted by atomic mass is 10.4. The number of hydrogen-bond acceptors (Lipinski definition) is 4. The van der Waals surface area contributed by atoms with Crippen LogP contribution < -0.4 is 10.6 Å². The second-order valence-corrected chi connectivity index (χ2v) is 2.92. The first-order valence-electron chi connectivity index (χ1n) is 4.51. The number of nitrogens with zero attached hydrogens (tertiary/aromatic N) is 2. The molecular formula is C8H13N5O2. The quantitative estimate of drug-likeness (QED) is 0.593. The van der Waals surface area contributed by atoms with Crippen molar-refractivity contribution in [3.05, 3.63) is 11.6 Å². The van der Waals surface area contributed by atoms with Gasteiger partial charge in [-0.2, -0.15) is 0 Å². The predicted molar refractivity (Wildman–Crippen MR) is 52.1 cm³/mol. The summed E-state index contributed by atoms with van der Waals surface area (Å²) in [5.41, 5.74) is 0. The normalized spacial score (nSPS) is 9.73. The molecule has 0 fully saturated rings.